The predicted octanol–water partition coefficient (Wildman–Crippen LogP) is 3.12. The highest BCUT2D eigenvalue weighted by atomic mass is 32.2. The fourth-order valence-electron chi connectivity index (χ4n) is 4.41. The van der Waals surface area contributed by atoms with E-state index >= 15 is 0 Å². The van der Waals surface area contributed by atoms with Crippen molar-refractivity contribution in [2.45, 2.75) is 4.90 Å². The molecule has 4 aromatic rings. The van der Waals surface area contributed by atoms with E-state index in [0.29, 0.717) is 11.5 Å². The van der Waals surface area contributed by atoms with Crippen molar-refractivity contribution in [3.05, 3.63) is 60.9 Å². The topological polar surface area (TPSA) is 104 Å². The molecule has 2 N–H and O–H groups in total. The Hall–Kier alpha value is -3.31. The molecule has 2 aromatic heterocycles. The molecule has 188 valence electrons. The van der Waals surface area contributed by atoms with Crippen LogP contribution in [0.25, 0.3) is 33.6 Å². The highest BCUT2D eigenvalue weighted by Gasteiger charge is 2.23. The molecule has 9 nitrogen and oxygen atoms in total. The summed E-state index contributed by atoms with van der Waals surface area (Å²) in [7, 11) is -0.488. The molecule has 1 saturated heterocycles. The lowest BCUT2D eigenvalue weighted by Gasteiger charge is -2.27. The van der Waals surface area contributed by atoms with Gasteiger partial charge >= 0.3 is 0 Å². The predicted molar refractivity (Wildman–Crippen MR) is 141 cm³/mol. The Morgan fingerprint density at radius 1 is 1.00 bits per heavy atom. The van der Waals surface area contributed by atoms with Crippen molar-refractivity contribution in [2.75, 3.05) is 58.7 Å². The maximum absolute atomic E-state index is 12.5. The smallest absolute Gasteiger partial charge is 0.242 e. The molecular weight excluding hydrogens is 476 g/mol. The molecule has 0 radical (unpaired) electrons. The Kier molecular flexibility index (Phi) is 7.01. The Morgan fingerprint density at radius 3 is 2.42 bits per heavy atom. The molecular formula is C26H30N6O3S. The number of hydrogen-bond acceptors (Lipinski definition) is 8. The molecule has 36 heavy (non-hydrogen) atoms. The third-order valence-electron chi connectivity index (χ3n) is 6.38. The van der Waals surface area contributed by atoms with Gasteiger partial charge in [-0.25, -0.2) is 22.7 Å². The molecule has 3 heterocycles. The Morgan fingerprint density at radius 2 is 1.72 bits per heavy atom. The number of sulfonamides is 1. The van der Waals surface area contributed by atoms with Gasteiger partial charge in [0, 0.05) is 64.5 Å². The number of nitrogens with zero attached hydrogens (tertiary/aromatic N) is 4. The van der Waals surface area contributed by atoms with Crippen LogP contribution in [0.5, 0.6) is 0 Å². The number of nitrogens with one attached hydrogen (secondary N) is 2. The Labute approximate surface area is 211 Å². The first-order valence-electron chi connectivity index (χ1n) is 12.0. The molecule has 0 atom stereocenters. The summed E-state index contributed by atoms with van der Waals surface area (Å²) >= 11 is 0. The summed E-state index contributed by atoms with van der Waals surface area (Å²) in [6.07, 6.45) is 1.50. The number of benzene rings is 2. The van der Waals surface area contributed by atoms with Crippen LogP contribution in [0.2, 0.25) is 0 Å². The van der Waals surface area contributed by atoms with Gasteiger partial charge in [-0.3, -0.25) is 4.90 Å². The molecule has 1 aliphatic rings. The van der Waals surface area contributed by atoms with E-state index in [-0.39, 0.29) is 4.90 Å². The number of furan rings is 1. The first-order valence-corrected chi connectivity index (χ1v) is 13.4. The Bertz CT molecular complexity index is 1430. The van der Waals surface area contributed by atoms with Crippen LogP contribution in [0, 0.1) is 0 Å². The first kappa shape index (κ1) is 24.4. The molecule has 0 unspecified atom stereocenters. The van der Waals surface area contributed by atoms with Gasteiger partial charge in [-0.05, 0) is 29.8 Å². The molecule has 0 spiro atoms. The summed E-state index contributed by atoms with van der Waals surface area (Å²) in [4.78, 5) is 11.6. The SMILES string of the molecule is CN(C)S(=O)(=O)c1ccc(-c2oc3ncnc(NCCN4CCNCC4)c3c2-c2ccccc2)cc1. The first-order chi connectivity index (χ1) is 17.4. The molecule has 0 saturated carbocycles. The second-order valence-corrected chi connectivity index (χ2v) is 11.1. The highest BCUT2D eigenvalue weighted by Crippen LogP contribution is 2.42. The van der Waals surface area contributed by atoms with E-state index in [9.17, 15) is 8.42 Å². The fraction of sp³-hybridized carbons (Fsp3) is 0.308. The lowest BCUT2D eigenvalue weighted by molar-refractivity contribution is 0.249. The van der Waals surface area contributed by atoms with Crippen LogP contribution in [0.1, 0.15) is 0 Å². The number of fused-ring (bicyclic) bond motifs is 1. The van der Waals surface area contributed by atoms with Gasteiger partial charge in [0.25, 0.3) is 0 Å². The van der Waals surface area contributed by atoms with Crippen molar-refractivity contribution in [3.63, 3.8) is 0 Å². The lowest BCUT2D eigenvalue weighted by Crippen LogP contribution is -2.45. The van der Waals surface area contributed by atoms with Crippen LogP contribution in [-0.2, 0) is 10.0 Å². The number of anilines is 1. The van der Waals surface area contributed by atoms with Crippen molar-refractivity contribution < 1.29 is 12.8 Å². The maximum Gasteiger partial charge on any atom is 0.242 e. The molecule has 2 aromatic carbocycles. The molecule has 5 rings (SSSR count). The zero-order valence-corrected chi connectivity index (χ0v) is 21.3. The zero-order valence-electron chi connectivity index (χ0n) is 20.4. The van der Waals surface area contributed by atoms with Gasteiger partial charge in [-0.15, -0.1) is 0 Å². The number of aromatic nitrogens is 2. The summed E-state index contributed by atoms with van der Waals surface area (Å²) in [6, 6.07) is 16.7. The van der Waals surface area contributed by atoms with E-state index in [1.807, 2.05) is 30.3 Å². The van der Waals surface area contributed by atoms with Crippen LogP contribution in [0.4, 0.5) is 5.82 Å². The van der Waals surface area contributed by atoms with Gasteiger partial charge in [-0.1, -0.05) is 30.3 Å². The third kappa shape index (κ3) is 4.85. The average molecular weight is 507 g/mol. The standard InChI is InChI=1S/C26H30N6O3S/c1-31(2)36(33,34)21-10-8-20(9-11-21)24-22(19-6-4-3-5-7-19)23-25(29-18-30-26(23)35-24)28-14-17-32-15-12-27-13-16-32/h3-11,18,27H,12-17H2,1-2H3,(H,28,29,30). The van der Waals surface area contributed by atoms with E-state index in [1.54, 1.807) is 24.3 Å². The van der Waals surface area contributed by atoms with Crippen molar-refractivity contribution in [1.82, 2.24) is 24.5 Å². The Balaban J connectivity index is 1.55. The monoisotopic (exact) mass is 506 g/mol. The van der Waals surface area contributed by atoms with E-state index in [2.05, 4.69) is 25.5 Å². The second-order valence-electron chi connectivity index (χ2n) is 8.90. The average Bonchev–Trinajstić information content (AvgIpc) is 3.30. The molecule has 0 bridgehead atoms. The van der Waals surface area contributed by atoms with Crippen LogP contribution >= 0.6 is 0 Å². The zero-order chi connectivity index (χ0) is 25.1. The van der Waals surface area contributed by atoms with Gasteiger partial charge in [0.2, 0.25) is 15.7 Å². The van der Waals surface area contributed by atoms with Crippen molar-refractivity contribution >= 4 is 26.9 Å². The van der Waals surface area contributed by atoms with Crippen molar-refractivity contribution in [2.24, 2.45) is 0 Å². The molecule has 10 heteroatoms. The third-order valence-corrected chi connectivity index (χ3v) is 8.21. The highest BCUT2D eigenvalue weighted by molar-refractivity contribution is 7.89. The second kappa shape index (κ2) is 10.4. The van der Waals surface area contributed by atoms with Crippen LogP contribution in [-0.4, -0.2) is 81.0 Å². The maximum atomic E-state index is 12.5. The molecule has 1 aliphatic heterocycles. The van der Waals surface area contributed by atoms with Crippen LogP contribution < -0.4 is 10.6 Å². The van der Waals surface area contributed by atoms with E-state index in [0.717, 1.165) is 67.2 Å². The summed E-state index contributed by atoms with van der Waals surface area (Å²) < 4.78 is 32.6. The quantitative estimate of drug-likeness (QED) is 0.376. The fourth-order valence-corrected chi connectivity index (χ4v) is 5.31. The summed E-state index contributed by atoms with van der Waals surface area (Å²) in [5, 5.41) is 7.68. The largest absolute Gasteiger partial charge is 0.437 e. The molecule has 0 amide bonds. The van der Waals surface area contributed by atoms with Crippen LogP contribution in [0.15, 0.2) is 70.2 Å². The summed E-state index contributed by atoms with van der Waals surface area (Å²) in [5.74, 6) is 1.34. The molecule has 1 fully saturated rings. The normalized spacial score (nSPS) is 15.0. The van der Waals surface area contributed by atoms with Crippen LogP contribution in [0.3, 0.4) is 0 Å². The minimum Gasteiger partial charge on any atom is -0.437 e. The number of piperazine rings is 1. The van der Waals surface area contributed by atoms with Gasteiger partial charge in [0.1, 0.15) is 17.9 Å². The number of hydrogen-bond donors (Lipinski definition) is 2. The van der Waals surface area contributed by atoms with E-state index < -0.39 is 10.0 Å². The lowest BCUT2D eigenvalue weighted by atomic mass is 9.99. The summed E-state index contributed by atoms with van der Waals surface area (Å²) in [5.41, 5.74) is 3.08. The molecule has 0 aliphatic carbocycles. The van der Waals surface area contributed by atoms with Gasteiger partial charge in [0.05, 0.1) is 10.3 Å². The van der Waals surface area contributed by atoms with Gasteiger partial charge < -0.3 is 15.1 Å². The van der Waals surface area contributed by atoms with E-state index in [1.165, 1.54) is 24.7 Å². The van der Waals surface area contributed by atoms with Gasteiger partial charge in [0.15, 0.2) is 0 Å². The van der Waals surface area contributed by atoms with E-state index in [4.69, 9.17) is 4.42 Å². The number of rotatable bonds is 8. The minimum absolute atomic E-state index is 0.226. The van der Waals surface area contributed by atoms with Gasteiger partial charge in [-0.2, -0.15) is 0 Å². The summed E-state index contributed by atoms with van der Waals surface area (Å²) in [6.45, 7) is 5.75. The minimum atomic E-state index is -3.53. The van der Waals surface area contributed by atoms with Crippen molar-refractivity contribution in [3.8, 4) is 22.5 Å². The van der Waals surface area contributed by atoms with Crippen molar-refractivity contribution in [1.29, 1.82) is 0 Å².